The van der Waals surface area contributed by atoms with Crippen LogP contribution in [0.3, 0.4) is 0 Å². The molecule has 54 valence electrons. The Bertz CT molecular complexity index is 190. The highest BCUT2D eigenvalue weighted by Crippen LogP contribution is 1.94. The first-order chi connectivity index (χ1) is 4.57. The van der Waals surface area contributed by atoms with E-state index < -0.39 is 12.3 Å². The molecule has 0 bridgehead atoms. The van der Waals surface area contributed by atoms with Gasteiger partial charge in [-0.25, -0.2) is 4.79 Å². The van der Waals surface area contributed by atoms with Crippen LogP contribution in [0.15, 0.2) is 12.2 Å². The zero-order chi connectivity index (χ0) is 8.15. The summed E-state index contributed by atoms with van der Waals surface area (Å²) in [6.07, 6.45) is -1.20. The minimum atomic E-state index is -1.20. The van der Waals surface area contributed by atoms with E-state index >= 15 is 0 Å². The Morgan fingerprint density at radius 2 is 2.40 bits per heavy atom. The number of aliphatic hydroxyl groups excluding tert-OH is 1. The van der Waals surface area contributed by atoms with E-state index in [0.717, 1.165) is 0 Å². The largest absolute Gasteiger partial charge is 0.432 e. The number of aliphatic hydroxyl groups is 1. The first-order valence-electron chi connectivity index (χ1n) is 2.56. The minimum absolute atomic E-state index is 0.319. The number of hydrogen-bond acceptors (Lipinski definition) is 4. The maximum atomic E-state index is 10.5. The van der Waals surface area contributed by atoms with Gasteiger partial charge in [-0.3, -0.25) is 0 Å². The lowest BCUT2D eigenvalue weighted by molar-refractivity contribution is -0.159. The molecule has 0 saturated carbocycles. The van der Waals surface area contributed by atoms with Crippen molar-refractivity contribution in [1.29, 1.82) is 5.26 Å². The van der Waals surface area contributed by atoms with Crippen LogP contribution in [0.25, 0.3) is 0 Å². The fraction of sp³-hybridized carbons (Fsp3) is 0.333. The van der Waals surface area contributed by atoms with E-state index in [0.29, 0.717) is 0 Å². The van der Waals surface area contributed by atoms with Gasteiger partial charge in [-0.2, -0.15) is 5.26 Å². The highest BCUT2D eigenvalue weighted by molar-refractivity contribution is 5.91. The fourth-order valence-electron chi connectivity index (χ4n) is 0.272. The van der Waals surface area contributed by atoms with Crippen molar-refractivity contribution in [3.8, 4) is 6.07 Å². The zero-order valence-electron chi connectivity index (χ0n) is 5.50. The molecule has 0 saturated heterocycles. The SMILES string of the molecule is C=C(C#N)C(=O)OC(C)O. The Kier molecular flexibility index (Phi) is 3.15. The number of ether oxygens (including phenoxy) is 1. The van der Waals surface area contributed by atoms with Gasteiger partial charge in [0.1, 0.15) is 11.6 Å². The molecule has 0 fully saturated rings. The summed E-state index contributed by atoms with van der Waals surface area (Å²) in [6.45, 7) is 4.35. The Morgan fingerprint density at radius 3 is 2.70 bits per heavy atom. The van der Waals surface area contributed by atoms with Gasteiger partial charge < -0.3 is 9.84 Å². The van der Waals surface area contributed by atoms with Crippen molar-refractivity contribution in [1.82, 2.24) is 0 Å². The van der Waals surface area contributed by atoms with Gasteiger partial charge in [-0.05, 0) is 6.92 Å². The molecule has 0 aliphatic carbocycles. The molecule has 0 spiro atoms. The van der Waals surface area contributed by atoms with Crippen molar-refractivity contribution in [3.05, 3.63) is 12.2 Å². The van der Waals surface area contributed by atoms with Crippen LogP contribution in [-0.2, 0) is 9.53 Å². The van der Waals surface area contributed by atoms with Crippen LogP contribution in [0.4, 0.5) is 0 Å². The smallest absolute Gasteiger partial charge is 0.350 e. The molecule has 1 atom stereocenters. The summed E-state index contributed by atoms with van der Waals surface area (Å²) in [5.41, 5.74) is -0.319. The van der Waals surface area contributed by atoms with E-state index in [1.165, 1.54) is 13.0 Å². The third-order valence-corrected chi connectivity index (χ3v) is 0.659. The van der Waals surface area contributed by atoms with Crippen molar-refractivity contribution in [2.75, 3.05) is 0 Å². The standard InChI is InChI=1S/C6H7NO3/c1-4(3-7)6(9)10-5(2)8/h5,8H,1H2,2H3. The number of nitriles is 1. The van der Waals surface area contributed by atoms with Gasteiger partial charge in [0.05, 0.1) is 0 Å². The van der Waals surface area contributed by atoms with Gasteiger partial charge in [0, 0.05) is 0 Å². The molecular formula is C6H7NO3. The van der Waals surface area contributed by atoms with E-state index in [1.54, 1.807) is 0 Å². The van der Waals surface area contributed by atoms with Crippen LogP contribution < -0.4 is 0 Å². The van der Waals surface area contributed by atoms with Crippen molar-refractivity contribution >= 4 is 5.97 Å². The van der Waals surface area contributed by atoms with Crippen molar-refractivity contribution in [2.45, 2.75) is 13.2 Å². The van der Waals surface area contributed by atoms with Crippen LogP contribution in [-0.4, -0.2) is 17.4 Å². The van der Waals surface area contributed by atoms with Gasteiger partial charge in [-0.15, -0.1) is 0 Å². The van der Waals surface area contributed by atoms with E-state index in [9.17, 15) is 4.79 Å². The number of rotatable bonds is 2. The Labute approximate surface area is 58.3 Å². The topological polar surface area (TPSA) is 70.3 Å². The van der Waals surface area contributed by atoms with Crippen LogP contribution in [0.1, 0.15) is 6.92 Å². The molecule has 0 heterocycles. The number of esters is 1. The van der Waals surface area contributed by atoms with E-state index in [-0.39, 0.29) is 5.57 Å². The number of nitrogens with zero attached hydrogens (tertiary/aromatic N) is 1. The zero-order valence-corrected chi connectivity index (χ0v) is 5.50. The molecule has 0 aliphatic rings. The van der Waals surface area contributed by atoms with Crippen LogP contribution >= 0.6 is 0 Å². The molecular weight excluding hydrogens is 134 g/mol. The van der Waals surface area contributed by atoms with Crippen molar-refractivity contribution < 1.29 is 14.6 Å². The maximum Gasteiger partial charge on any atom is 0.350 e. The van der Waals surface area contributed by atoms with Gasteiger partial charge >= 0.3 is 5.97 Å². The van der Waals surface area contributed by atoms with E-state index in [1.807, 2.05) is 0 Å². The van der Waals surface area contributed by atoms with Crippen LogP contribution in [0.2, 0.25) is 0 Å². The second kappa shape index (κ2) is 3.64. The van der Waals surface area contributed by atoms with Crippen LogP contribution in [0, 0.1) is 11.3 Å². The summed E-state index contributed by atoms with van der Waals surface area (Å²) in [5.74, 6) is -0.891. The van der Waals surface area contributed by atoms with Crippen molar-refractivity contribution in [3.63, 3.8) is 0 Å². The average molecular weight is 141 g/mol. The predicted octanol–water partition coefficient (Wildman–Crippen LogP) is -0.0523. The first-order valence-corrected chi connectivity index (χ1v) is 2.56. The van der Waals surface area contributed by atoms with Crippen LogP contribution in [0.5, 0.6) is 0 Å². The molecule has 0 aromatic carbocycles. The maximum absolute atomic E-state index is 10.5. The Hall–Kier alpha value is -1.34. The molecule has 0 amide bonds. The normalized spacial score (nSPS) is 11.3. The summed E-state index contributed by atoms with van der Waals surface area (Å²) >= 11 is 0. The molecule has 0 aromatic rings. The summed E-state index contributed by atoms with van der Waals surface area (Å²) in [6, 6.07) is 1.49. The molecule has 0 aliphatic heterocycles. The number of carbonyl (C=O) groups is 1. The molecule has 0 radical (unpaired) electrons. The molecule has 4 nitrogen and oxygen atoms in total. The summed E-state index contributed by atoms with van der Waals surface area (Å²) in [4.78, 5) is 10.5. The molecule has 0 aromatic heterocycles. The summed E-state index contributed by atoms with van der Waals surface area (Å²) in [5, 5.41) is 16.6. The first kappa shape index (κ1) is 8.66. The lowest BCUT2D eigenvalue weighted by Crippen LogP contribution is -2.14. The van der Waals surface area contributed by atoms with Crippen molar-refractivity contribution in [2.24, 2.45) is 0 Å². The van der Waals surface area contributed by atoms with Gasteiger partial charge in [-0.1, -0.05) is 6.58 Å². The molecule has 1 N–H and O–H groups in total. The Balaban J connectivity index is 3.89. The lowest BCUT2D eigenvalue weighted by Gasteiger charge is -2.03. The fourth-order valence-corrected chi connectivity index (χ4v) is 0.272. The average Bonchev–Trinajstić information content (AvgIpc) is 1.85. The third-order valence-electron chi connectivity index (χ3n) is 0.659. The molecule has 1 unspecified atom stereocenters. The summed E-state index contributed by atoms with van der Waals surface area (Å²) < 4.78 is 4.20. The molecule has 10 heavy (non-hydrogen) atoms. The van der Waals surface area contributed by atoms with Gasteiger partial charge in [0.15, 0.2) is 6.29 Å². The highest BCUT2D eigenvalue weighted by Gasteiger charge is 2.09. The summed E-state index contributed by atoms with van der Waals surface area (Å²) in [7, 11) is 0. The number of hydrogen-bond donors (Lipinski definition) is 1. The minimum Gasteiger partial charge on any atom is -0.432 e. The van der Waals surface area contributed by atoms with E-state index in [4.69, 9.17) is 10.4 Å². The monoisotopic (exact) mass is 141 g/mol. The second-order valence-electron chi connectivity index (χ2n) is 1.59. The molecule has 4 heteroatoms. The van der Waals surface area contributed by atoms with E-state index in [2.05, 4.69) is 11.3 Å². The quantitative estimate of drug-likeness (QED) is 0.253. The van der Waals surface area contributed by atoms with Gasteiger partial charge in [0.25, 0.3) is 0 Å². The highest BCUT2D eigenvalue weighted by atomic mass is 16.6. The lowest BCUT2D eigenvalue weighted by atomic mass is 10.3. The third kappa shape index (κ3) is 2.84. The molecule has 0 rings (SSSR count). The Morgan fingerprint density at radius 1 is 1.90 bits per heavy atom. The second-order valence-corrected chi connectivity index (χ2v) is 1.59. The van der Waals surface area contributed by atoms with Gasteiger partial charge in [0.2, 0.25) is 0 Å². The number of carbonyl (C=O) groups excluding carboxylic acids is 1. The predicted molar refractivity (Wildman–Crippen MR) is 32.5 cm³/mol.